The van der Waals surface area contributed by atoms with Gasteiger partial charge in [0.2, 0.25) is 5.89 Å². The van der Waals surface area contributed by atoms with Crippen molar-refractivity contribution in [1.82, 2.24) is 15.2 Å². The summed E-state index contributed by atoms with van der Waals surface area (Å²) in [7, 11) is 1.70. The predicted molar refractivity (Wildman–Crippen MR) is 121 cm³/mol. The maximum atomic E-state index is 5.85. The normalized spacial score (nSPS) is 14.9. The summed E-state index contributed by atoms with van der Waals surface area (Å²) in [6.45, 7) is 5.00. The highest BCUT2D eigenvalue weighted by Crippen LogP contribution is 2.21. The molecule has 3 aromatic rings. The number of ether oxygens (including phenoxy) is 1. The molecule has 4 rings (SSSR count). The Kier molecular flexibility index (Phi) is 9.24. The van der Waals surface area contributed by atoms with Gasteiger partial charge in [0.1, 0.15) is 11.3 Å². The fourth-order valence-electron chi connectivity index (χ4n) is 3.69. The quantitative estimate of drug-likeness (QED) is 0.581. The fraction of sp³-hybridized carbons (Fsp3) is 0.409. The third kappa shape index (κ3) is 6.34. The molecule has 0 saturated carbocycles. The second-order valence-electron chi connectivity index (χ2n) is 7.27. The summed E-state index contributed by atoms with van der Waals surface area (Å²) >= 11 is 0. The molecule has 29 heavy (non-hydrogen) atoms. The number of benzene rings is 2. The van der Waals surface area contributed by atoms with Crippen LogP contribution in [-0.4, -0.2) is 36.6 Å². The Morgan fingerprint density at radius 1 is 1.07 bits per heavy atom. The first-order chi connectivity index (χ1) is 13.3. The highest BCUT2D eigenvalue weighted by molar-refractivity contribution is 5.85. The number of aromatic nitrogens is 1. The molecule has 1 saturated heterocycles. The first-order valence-electron chi connectivity index (χ1n) is 9.70. The Bertz CT molecular complexity index is 829. The predicted octanol–water partition coefficient (Wildman–Crippen LogP) is 4.68. The Balaban J connectivity index is 0.00000150. The van der Waals surface area contributed by atoms with Crippen LogP contribution >= 0.6 is 24.8 Å². The van der Waals surface area contributed by atoms with Crippen molar-refractivity contribution < 1.29 is 9.15 Å². The van der Waals surface area contributed by atoms with Gasteiger partial charge in [-0.2, -0.15) is 0 Å². The van der Waals surface area contributed by atoms with Gasteiger partial charge in [0.25, 0.3) is 0 Å². The van der Waals surface area contributed by atoms with Gasteiger partial charge in [-0.25, -0.2) is 4.98 Å². The average Bonchev–Trinajstić information content (AvgIpc) is 3.12. The van der Waals surface area contributed by atoms with Crippen molar-refractivity contribution in [3.63, 3.8) is 0 Å². The smallest absolute Gasteiger partial charge is 0.209 e. The summed E-state index contributed by atoms with van der Waals surface area (Å²) in [5.74, 6) is 2.47. The lowest BCUT2D eigenvalue weighted by Crippen LogP contribution is -2.36. The van der Waals surface area contributed by atoms with Crippen LogP contribution in [0.5, 0.6) is 5.75 Å². The minimum absolute atomic E-state index is 0. The van der Waals surface area contributed by atoms with Crippen LogP contribution in [0.15, 0.2) is 52.9 Å². The van der Waals surface area contributed by atoms with Crippen LogP contribution in [0.3, 0.4) is 0 Å². The van der Waals surface area contributed by atoms with Crippen LogP contribution in [-0.2, 0) is 13.1 Å². The number of nitrogens with zero attached hydrogens (tertiary/aromatic N) is 2. The molecule has 0 unspecified atom stereocenters. The SMILES string of the molecule is COc1ccc(CNCC2CCN(Cc3nc4ccccc4o3)CC2)cc1.Cl.Cl. The topological polar surface area (TPSA) is 50.5 Å². The summed E-state index contributed by atoms with van der Waals surface area (Å²) in [5, 5.41) is 3.60. The van der Waals surface area contributed by atoms with Crippen LogP contribution in [0.4, 0.5) is 0 Å². The van der Waals surface area contributed by atoms with Crippen molar-refractivity contribution in [2.75, 3.05) is 26.7 Å². The average molecular weight is 438 g/mol. The van der Waals surface area contributed by atoms with Gasteiger partial charge in [-0.05, 0) is 68.2 Å². The molecule has 5 nitrogen and oxygen atoms in total. The van der Waals surface area contributed by atoms with Gasteiger partial charge in [0.15, 0.2) is 5.58 Å². The van der Waals surface area contributed by atoms with E-state index in [1.165, 1.54) is 18.4 Å². The van der Waals surface area contributed by atoms with Crippen molar-refractivity contribution in [3.05, 3.63) is 60.0 Å². The molecule has 1 N–H and O–H groups in total. The Morgan fingerprint density at radius 2 is 1.79 bits per heavy atom. The van der Waals surface area contributed by atoms with Crippen LogP contribution in [0, 0.1) is 5.92 Å². The molecule has 1 aliphatic heterocycles. The van der Waals surface area contributed by atoms with E-state index in [9.17, 15) is 0 Å². The molecule has 7 heteroatoms. The van der Waals surface area contributed by atoms with Gasteiger partial charge in [-0.1, -0.05) is 24.3 Å². The van der Waals surface area contributed by atoms with Crippen LogP contribution in [0.25, 0.3) is 11.1 Å². The highest BCUT2D eigenvalue weighted by atomic mass is 35.5. The third-order valence-corrected chi connectivity index (χ3v) is 5.33. The molecular weight excluding hydrogens is 409 g/mol. The Labute approximate surface area is 184 Å². The number of hydrogen-bond acceptors (Lipinski definition) is 5. The molecule has 0 amide bonds. The molecule has 2 aromatic carbocycles. The molecular formula is C22H29Cl2N3O2. The molecule has 0 spiro atoms. The van der Waals surface area contributed by atoms with E-state index in [1.807, 2.05) is 36.4 Å². The van der Waals surface area contributed by atoms with Crippen molar-refractivity contribution in [2.24, 2.45) is 5.92 Å². The molecule has 2 heterocycles. The van der Waals surface area contributed by atoms with Gasteiger partial charge >= 0.3 is 0 Å². The second kappa shape index (κ2) is 11.4. The fourth-order valence-corrected chi connectivity index (χ4v) is 3.69. The molecule has 1 aliphatic rings. The molecule has 1 fully saturated rings. The van der Waals surface area contributed by atoms with E-state index in [-0.39, 0.29) is 24.8 Å². The third-order valence-electron chi connectivity index (χ3n) is 5.33. The van der Waals surface area contributed by atoms with Crippen LogP contribution in [0.1, 0.15) is 24.3 Å². The van der Waals surface area contributed by atoms with E-state index >= 15 is 0 Å². The van der Waals surface area contributed by atoms with Gasteiger partial charge in [-0.15, -0.1) is 24.8 Å². The maximum Gasteiger partial charge on any atom is 0.209 e. The van der Waals surface area contributed by atoms with E-state index in [4.69, 9.17) is 9.15 Å². The summed E-state index contributed by atoms with van der Waals surface area (Å²) < 4.78 is 11.1. The lowest BCUT2D eigenvalue weighted by Gasteiger charge is -2.31. The zero-order valence-corrected chi connectivity index (χ0v) is 18.3. The van der Waals surface area contributed by atoms with Crippen molar-refractivity contribution >= 4 is 35.9 Å². The lowest BCUT2D eigenvalue weighted by atomic mass is 9.96. The van der Waals surface area contributed by atoms with Gasteiger partial charge < -0.3 is 14.5 Å². The van der Waals surface area contributed by atoms with E-state index < -0.39 is 0 Å². The minimum atomic E-state index is 0. The standard InChI is InChI=1S/C22H27N3O2.2ClH/c1-26-19-8-6-17(7-9-19)14-23-15-18-10-12-25(13-11-18)16-22-24-20-4-2-3-5-21(20)27-22;;/h2-9,18,23H,10-16H2,1H3;2*1H. The van der Waals surface area contributed by atoms with Crippen molar-refractivity contribution in [2.45, 2.75) is 25.9 Å². The van der Waals surface area contributed by atoms with Crippen molar-refractivity contribution in [3.8, 4) is 5.75 Å². The lowest BCUT2D eigenvalue weighted by molar-refractivity contribution is 0.163. The summed E-state index contributed by atoms with van der Waals surface area (Å²) in [5.41, 5.74) is 3.12. The van der Waals surface area contributed by atoms with E-state index in [0.717, 1.165) is 61.4 Å². The molecule has 1 aromatic heterocycles. The molecule has 0 radical (unpaired) electrons. The van der Waals surface area contributed by atoms with Gasteiger partial charge in [0.05, 0.1) is 13.7 Å². The number of hydrogen-bond donors (Lipinski definition) is 1. The van der Waals surface area contributed by atoms with Crippen LogP contribution in [0.2, 0.25) is 0 Å². The molecule has 0 atom stereocenters. The first-order valence-corrected chi connectivity index (χ1v) is 9.70. The second-order valence-corrected chi connectivity index (χ2v) is 7.27. The number of fused-ring (bicyclic) bond motifs is 1. The summed E-state index contributed by atoms with van der Waals surface area (Å²) in [6, 6.07) is 16.2. The van der Waals surface area contributed by atoms with Crippen molar-refractivity contribution in [1.29, 1.82) is 0 Å². The van der Waals surface area contributed by atoms with Gasteiger partial charge in [0, 0.05) is 6.54 Å². The monoisotopic (exact) mass is 437 g/mol. The van der Waals surface area contributed by atoms with Gasteiger partial charge in [-0.3, -0.25) is 4.90 Å². The van der Waals surface area contributed by atoms with E-state index in [0.29, 0.717) is 0 Å². The first kappa shape index (κ1) is 23.5. The number of rotatable bonds is 7. The summed E-state index contributed by atoms with van der Waals surface area (Å²) in [4.78, 5) is 7.04. The zero-order chi connectivity index (χ0) is 18.5. The molecule has 0 bridgehead atoms. The number of piperidine rings is 1. The highest BCUT2D eigenvalue weighted by Gasteiger charge is 2.20. The minimum Gasteiger partial charge on any atom is -0.497 e. The number of methoxy groups -OCH3 is 1. The molecule has 158 valence electrons. The Morgan fingerprint density at radius 3 is 2.48 bits per heavy atom. The van der Waals surface area contributed by atoms with E-state index in [2.05, 4.69) is 27.3 Å². The number of oxazole rings is 1. The Hall–Kier alpha value is -1.79. The zero-order valence-electron chi connectivity index (χ0n) is 16.7. The number of halogens is 2. The summed E-state index contributed by atoms with van der Waals surface area (Å²) in [6.07, 6.45) is 2.44. The van der Waals surface area contributed by atoms with Crippen LogP contribution < -0.4 is 10.1 Å². The number of nitrogens with one attached hydrogen (secondary N) is 1. The number of para-hydroxylation sites is 2. The van der Waals surface area contributed by atoms with E-state index in [1.54, 1.807) is 7.11 Å². The maximum absolute atomic E-state index is 5.85. The largest absolute Gasteiger partial charge is 0.497 e. The molecule has 0 aliphatic carbocycles. The number of likely N-dealkylation sites (tertiary alicyclic amines) is 1.